The summed E-state index contributed by atoms with van der Waals surface area (Å²) in [6, 6.07) is 20.1. The van der Waals surface area contributed by atoms with E-state index in [-0.39, 0.29) is 17.4 Å². The maximum atomic E-state index is 13.4. The zero-order valence-electron chi connectivity index (χ0n) is 22.3. The Kier molecular flexibility index (Phi) is 8.05. The lowest BCUT2D eigenvalue weighted by molar-refractivity contribution is -0.132. The molecule has 0 spiro atoms. The van der Waals surface area contributed by atoms with Gasteiger partial charge in [-0.15, -0.1) is 0 Å². The van der Waals surface area contributed by atoms with E-state index in [1.807, 2.05) is 27.7 Å². The van der Waals surface area contributed by atoms with Crippen LogP contribution in [0.2, 0.25) is 0 Å². The minimum Gasteiger partial charge on any atom is -0.507 e. The Hall–Kier alpha value is -4.26. The molecule has 0 aliphatic carbocycles. The van der Waals surface area contributed by atoms with Crippen molar-refractivity contribution in [2.75, 3.05) is 18.6 Å². The van der Waals surface area contributed by atoms with E-state index in [4.69, 9.17) is 14.2 Å². The lowest BCUT2D eigenvalue weighted by Gasteiger charge is -2.26. The number of aliphatic hydroxyl groups is 1. The second-order valence-electron chi connectivity index (χ2n) is 9.84. The third kappa shape index (κ3) is 5.67. The fraction of sp³-hybridized carbons (Fsp3) is 0.290. The Labute approximate surface area is 223 Å². The van der Waals surface area contributed by atoms with Crippen LogP contribution in [-0.4, -0.2) is 36.6 Å². The van der Waals surface area contributed by atoms with Gasteiger partial charge in [0.2, 0.25) is 0 Å². The molecular formula is C31H33NO6. The molecule has 1 N–H and O–H groups in total. The summed E-state index contributed by atoms with van der Waals surface area (Å²) in [5.41, 5.74) is 1.56. The molecule has 7 heteroatoms. The standard InChI is InChI=1S/C31H33NO6/c1-19(2)18-37-26-8-6-7-22(17-26)29(33)27-28(21-9-13-25(14-10-21)38-20(3)4)32(31(35)30(27)34)23-11-15-24(36-5)16-12-23/h6-17,19-20,28,33H,18H2,1-5H3/b29-27-. The van der Waals surface area contributed by atoms with Gasteiger partial charge in [-0.2, -0.15) is 0 Å². The van der Waals surface area contributed by atoms with Gasteiger partial charge < -0.3 is 19.3 Å². The number of ketones is 1. The van der Waals surface area contributed by atoms with Crippen molar-refractivity contribution in [3.63, 3.8) is 0 Å². The highest BCUT2D eigenvalue weighted by atomic mass is 16.5. The van der Waals surface area contributed by atoms with Crippen molar-refractivity contribution >= 4 is 23.1 Å². The van der Waals surface area contributed by atoms with Gasteiger partial charge in [0.15, 0.2) is 0 Å². The molecular weight excluding hydrogens is 482 g/mol. The van der Waals surface area contributed by atoms with E-state index in [9.17, 15) is 14.7 Å². The Morgan fingerprint density at radius 2 is 1.55 bits per heavy atom. The van der Waals surface area contributed by atoms with Crippen LogP contribution in [0.5, 0.6) is 17.2 Å². The Balaban J connectivity index is 1.83. The monoisotopic (exact) mass is 515 g/mol. The number of hydrogen-bond donors (Lipinski definition) is 1. The molecule has 0 aromatic heterocycles. The van der Waals surface area contributed by atoms with Gasteiger partial charge >= 0.3 is 0 Å². The van der Waals surface area contributed by atoms with E-state index in [0.717, 1.165) is 0 Å². The van der Waals surface area contributed by atoms with Crippen LogP contribution >= 0.6 is 0 Å². The maximum Gasteiger partial charge on any atom is 0.300 e. The summed E-state index contributed by atoms with van der Waals surface area (Å²) in [5.74, 6) is 0.427. The van der Waals surface area contributed by atoms with Gasteiger partial charge in [-0.3, -0.25) is 14.5 Å². The highest BCUT2D eigenvalue weighted by Gasteiger charge is 2.47. The minimum absolute atomic E-state index is 0.00373. The van der Waals surface area contributed by atoms with Gasteiger partial charge in [0, 0.05) is 11.3 Å². The number of nitrogens with zero attached hydrogens (tertiary/aromatic N) is 1. The Morgan fingerprint density at radius 1 is 0.895 bits per heavy atom. The average Bonchev–Trinajstić information content (AvgIpc) is 3.17. The summed E-state index contributed by atoms with van der Waals surface area (Å²) in [5, 5.41) is 11.4. The summed E-state index contributed by atoms with van der Waals surface area (Å²) in [6.07, 6.45) is -0.00373. The topological polar surface area (TPSA) is 85.3 Å². The molecule has 1 fully saturated rings. The first-order chi connectivity index (χ1) is 18.2. The van der Waals surface area contributed by atoms with Crippen LogP contribution in [0.3, 0.4) is 0 Å². The average molecular weight is 516 g/mol. The molecule has 7 nitrogen and oxygen atoms in total. The normalized spacial score (nSPS) is 16.8. The molecule has 1 atom stereocenters. The van der Waals surface area contributed by atoms with Crippen LogP contribution in [0, 0.1) is 5.92 Å². The van der Waals surface area contributed by atoms with Crippen LogP contribution < -0.4 is 19.1 Å². The largest absolute Gasteiger partial charge is 0.507 e. The number of aliphatic hydroxyl groups excluding tert-OH is 1. The predicted molar refractivity (Wildman–Crippen MR) is 147 cm³/mol. The van der Waals surface area contributed by atoms with Crippen LogP contribution in [0.1, 0.15) is 44.9 Å². The molecule has 1 heterocycles. The number of hydrogen-bond acceptors (Lipinski definition) is 6. The number of ether oxygens (including phenoxy) is 3. The molecule has 3 aromatic carbocycles. The van der Waals surface area contributed by atoms with Crippen LogP contribution in [0.4, 0.5) is 5.69 Å². The summed E-state index contributed by atoms with van der Waals surface area (Å²) < 4.78 is 16.8. The van der Waals surface area contributed by atoms with Crippen molar-refractivity contribution < 1.29 is 28.9 Å². The number of benzene rings is 3. The smallest absolute Gasteiger partial charge is 0.300 e. The highest BCUT2D eigenvalue weighted by Crippen LogP contribution is 2.43. The Morgan fingerprint density at radius 3 is 2.16 bits per heavy atom. The molecule has 198 valence electrons. The molecule has 1 saturated heterocycles. The predicted octanol–water partition coefficient (Wildman–Crippen LogP) is 6.14. The second kappa shape index (κ2) is 11.4. The van der Waals surface area contributed by atoms with Gasteiger partial charge in [-0.25, -0.2) is 0 Å². The van der Waals surface area contributed by atoms with Crippen molar-refractivity contribution in [1.82, 2.24) is 0 Å². The number of amides is 1. The van der Waals surface area contributed by atoms with Crippen molar-refractivity contribution in [1.29, 1.82) is 0 Å². The van der Waals surface area contributed by atoms with Gasteiger partial charge in [-0.1, -0.05) is 38.1 Å². The van der Waals surface area contributed by atoms with Crippen LogP contribution in [-0.2, 0) is 9.59 Å². The molecule has 38 heavy (non-hydrogen) atoms. The molecule has 1 unspecified atom stereocenters. The minimum atomic E-state index is -0.850. The molecule has 0 saturated carbocycles. The highest BCUT2D eigenvalue weighted by molar-refractivity contribution is 6.51. The number of anilines is 1. The van der Waals surface area contributed by atoms with E-state index in [1.54, 1.807) is 79.9 Å². The lowest BCUT2D eigenvalue weighted by atomic mass is 9.95. The van der Waals surface area contributed by atoms with Crippen LogP contribution in [0.25, 0.3) is 5.76 Å². The Bertz CT molecular complexity index is 1330. The zero-order valence-corrected chi connectivity index (χ0v) is 22.3. The summed E-state index contributed by atoms with van der Waals surface area (Å²) in [4.78, 5) is 28.2. The third-order valence-corrected chi connectivity index (χ3v) is 6.05. The number of carbonyl (C=O) groups is 2. The van der Waals surface area contributed by atoms with Crippen molar-refractivity contribution in [3.05, 3.63) is 89.5 Å². The summed E-state index contributed by atoms with van der Waals surface area (Å²) in [6.45, 7) is 8.47. The molecule has 0 bridgehead atoms. The first-order valence-corrected chi connectivity index (χ1v) is 12.6. The fourth-order valence-corrected chi connectivity index (χ4v) is 4.31. The number of carbonyl (C=O) groups excluding carboxylic acids is 2. The fourth-order valence-electron chi connectivity index (χ4n) is 4.31. The summed E-state index contributed by atoms with van der Waals surface area (Å²) in [7, 11) is 1.56. The SMILES string of the molecule is COc1ccc(N2C(=O)C(=O)/C(=C(\O)c3cccc(OCC(C)C)c3)C2c2ccc(OC(C)C)cc2)cc1. The molecule has 0 radical (unpaired) electrons. The van der Waals surface area contributed by atoms with E-state index >= 15 is 0 Å². The van der Waals surface area contributed by atoms with Gasteiger partial charge in [0.1, 0.15) is 23.0 Å². The molecule has 1 amide bonds. The first kappa shape index (κ1) is 26.8. The van der Waals surface area contributed by atoms with Crippen molar-refractivity contribution in [2.24, 2.45) is 5.92 Å². The third-order valence-electron chi connectivity index (χ3n) is 6.05. The van der Waals surface area contributed by atoms with Crippen LogP contribution in [0.15, 0.2) is 78.4 Å². The molecule has 1 aliphatic rings. The van der Waals surface area contributed by atoms with E-state index < -0.39 is 17.7 Å². The van der Waals surface area contributed by atoms with Gasteiger partial charge in [-0.05, 0) is 73.9 Å². The maximum absolute atomic E-state index is 13.4. The quantitative estimate of drug-likeness (QED) is 0.209. The van der Waals surface area contributed by atoms with E-state index in [1.165, 1.54) is 4.90 Å². The lowest BCUT2D eigenvalue weighted by Crippen LogP contribution is -2.29. The van der Waals surface area contributed by atoms with Crippen molar-refractivity contribution in [2.45, 2.75) is 39.8 Å². The molecule has 1 aliphatic heterocycles. The van der Waals surface area contributed by atoms with Crippen molar-refractivity contribution in [3.8, 4) is 17.2 Å². The van der Waals surface area contributed by atoms with E-state index in [2.05, 4.69) is 0 Å². The first-order valence-electron chi connectivity index (χ1n) is 12.6. The second-order valence-corrected chi connectivity index (χ2v) is 9.84. The molecule has 3 aromatic rings. The van der Waals surface area contributed by atoms with Gasteiger partial charge in [0.05, 0.1) is 31.4 Å². The number of Topliss-reactive ketones (excluding diaryl/α,β-unsaturated/α-hetero) is 1. The zero-order chi connectivity index (χ0) is 27.4. The van der Waals surface area contributed by atoms with E-state index in [0.29, 0.717) is 46.6 Å². The number of methoxy groups -OCH3 is 1. The van der Waals surface area contributed by atoms with Gasteiger partial charge in [0.25, 0.3) is 11.7 Å². The molecule has 4 rings (SSSR count). The number of rotatable bonds is 9. The summed E-state index contributed by atoms with van der Waals surface area (Å²) >= 11 is 0.